The molecule has 0 spiro atoms. The molecule has 0 amide bonds. The zero-order valence-electron chi connectivity index (χ0n) is 10.7. The van der Waals surface area contributed by atoms with Gasteiger partial charge < -0.3 is 0 Å². The molecular formula is C15H21N. The van der Waals surface area contributed by atoms with Crippen LogP contribution in [0.4, 0.5) is 0 Å². The molecule has 0 N–H and O–H groups in total. The third-order valence-corrected chi connectivity index (χ3v) is 3.70. The normalized spacial score (nSPS) is 29.6. The highest BCUT2D eigenvalue weighted by molar-refractivity contribution is 5.86. The van der Waals surface area contributed by atoms with Gasteiger partial charge in [-0.25, -0.2) is 0 Å². The maximum absolute atomic E-state index is 4.83. The lowest BCUT2D eigenvalue weighted by molar-refractivity contribution is 0.337. The maximum atomic E-state index is 4.83. The summed E-state index contributed by atoms with van der Waals surface area (Å²) in [6, 6.07) is 11.2. The summed E-state index contributed by atoms with van der Waals surface area (Å²) in [5.41, 5.74) is 2.92. The largest absolute Gasteiger partial charge is 0.290 e. The maximum Gasteiger partial charge on any atom is 0.0619 e. The molecule has 0 aromatic heterocycles. The predicted molar refractivity (Wildman–Crippen MR) is 70.1 cm³/mol. The topological polar surface area (TPSA) is 12.4 Å². The molecule has 0 bridgehead atoms. The van der Waals surface area contributed by atoms with Gasteiger partial charge in [0.05, 0.1) is 6.04 Å². The van der Waals surface area contributed by atoms with E-state index in [1.807, 2.05) is 0 Å². The van der Waals surface area contributed by atoms with Crippen molar-refractivity contribution >= 4 is 5.71 Å². The fourth-order valence-corrected chi connectivity index (χ4v) is 3.04. The third-order valence-electron chi connectivity index (χ3n) is 3.70. The van der Waals surface area contributed by atoms with Gasteiger partial charge in [-0.2, -0.15) is 0 Å². The Bertz CT molecular complexity index is 391. The standard InChI is InChI=1S/C15H21N/c1-11(2)14-15(4,10-12(3)16-14)13-8-6-5-7-9-13/h5-9,11,14H,10H2,1-4H3/t14-,15-/m0/s1. The van der Waals surface area contributed by atoms with Gasteiger partial charge in [0.15, 0.2) is 0 Å². The van der Waals surface area contributed by atoms with Crippen LogP contribution in [0, 0.1) is 5.92 Å². The van der Waals surface area contributed by atoms with Crippen molar-refractivity contribution in [1.29, 1.82) is 0 Å². The van der Waals surface area contributed by atoms with Gasteiger partial charge in [-0.3, -0.25) is 4.99 Å². The lowest BCUT2D eigenvalue weighted by atomic mass is 9.71. The summed E-state index contributed by atoms with van der Waals surface area (Å²) in [6.07, 6.45) is 1.10. The smallest absolute Gasteiger partial charge is 0.0619 e. The molecule has 0 unspecified atom stereocenters. The highest BCUT2D eigenvalue weighted by Crippen LogP contribution is 2.41. The van der Waals surface area contributed by atoms with Gasteiger partial charge in [-0.1, -0.05) is 51.1 Å². The minimum atomic E-state index is 0.194. The van der Waals surface area contributed by atoms with Crippen LogP contribution < -0.4 is 0 Å². The van der Waals surface area contributed by atoms with Crippen LogP contribution in [0.2, 0.25) is 0 Å². The van der Waals surface area contributed by atoms with Crippen molar-refractivity contribution in [3.05, 3.63) is 35.9 Å². The highest BCUT2D eigenvalue weighted by Gasteiger charge is 2.41. The van der Waals surface area contributed by atoms with Gasteiger partial charge in [-0.15, -0.1) is 0 Å². The molecular weight excluding hydrogens is 194 g/mol. The minimum Gasteiger partial charge on any atom is -0.290 e. The SMILES string of the molecule is CC1=N[C@@H](C(C)C)[C@](C)(c2ccccc2)C1. The first-order chi connectivity index (χ1) is 7.54. The number of hydrogen-bond donors (Lipinski definition) is 0. The Morgan fingerprint density at radius 1 is 1.25 bits per heavy atom. The summed E-state index contributed by atoms with van der Waals surface area (Å²) >= 11 is 0. The monoisotopic (exact) mass is 215 g/mol. The average molecular weight is 215 g/mol. The van der Waals surface area contributed by atoms with Crippen molar-refractivity contribution in [3.8, 4) is 0 Å². The predicted octanol–water partition coefficient (Wildman–Crippen LogP) is 3.83. The van der Waals surface area contributed by atoms with E-state index in [0.717, 1.165) is 6.42 Å². The molecule has 0 aliphatic carbocycles. The van der Waals surface area contributed by atoms with E-state index in [1.165, 1.54) is 11.3 Å². The molecule has 86 valence electrons. The first kappa shape index (κ1) is 11.4. The Hall–Kier alpha value is -1.11. The molecule has 1 nitrogen and oxygen atoms in total. The van der Waals surface area contributed by atoms with Crippen molar-refractivity contribution < 1.29 is 0 Å². The molecule has 2 rings (SSSR count). The molecule has 1 aromatic rings. The van der Waals surface area contributed by atoms with E-state index in [-0.39, 0.29) is 5.41 Å². The molecule has 16 heavy (non-hydrogen) atoms. The summed E-state index contributed by atoms with van der Waals surface area (Å²) < 4.78 is 0. The van der Waals surface area contributed by atoms with Gasteiger partial charge >= 0.3 is 0 Å². The van der Waals surface area contributed by atoms with Gasteiger partial charge in [-0.05, 0) is 24.8 Å². The Balaban J connectivity index is 2.39. The van der Waals surface area contributed by atoms with E-state index in [9.17, 15) is 0 Å². The number of rotatable bonds is 2. The van der Waals surface area contributed by atoms with E-state index in [1.54, 1.807) is 0 Å². The lowest BCUT2D eigenvalue weighted by Crippen LogP contribution is -2.35. The Kier molecular flexibility index (Phi) is 2.88. The van der Waals surface area contributed by atoms with Gasteiger partial charge in [0.25, 0.3) is 0 Å². The lowest BCUT2D eigenvalue weighted by Gasteiger charge is -2.33. The Morgan fingerprint density at radius 2 is 1.88 bits per heavy atom. The van der Waals surface area contributed by atoms with Crippen molar-refractivity contribution in [3.63, 3.8) is 0 Å². The van der Waals surface area contributed by atoms with Crippen molar-refractivity contribution in [2.24, 2.45) is 10.9 Å². The van der Waals surface area contributed by atoms with Crippen LogP contribution in [0.15, 0.2) is 35.3 Å². The number of aliphatic imine (C=N–C) groups is 1. The molecule has 1 aliphatic rings. The fraction of sp³-hybridized carbons (Fsp3) is 0.533. The first-order valence-corrected chi connectivity index (χ1v) is 6.13. The van der Waals surface area contributed by atoms with Crippen LogP contribution in [-0.2, 0) is 5.41 Å². The zero-order chi connectivity index (χ0) is 11.8. The van der Waals surface area contributed by atoms with Crippen LogP contribution in [0.25, 0.3) is 0 Å². The van der Waals surface area contributed by atoms with Gasteiger partial charge in [0.2, 0.25) is 0 Å². The van der Waals surface area contributed by atoms with Crippen LogP contribution in [0.5, 0.6) is 0 Å². The number of nitrogens with zero attached hydrogens (tertiary/aromatic N) is 1. The second-order valence-corrected chi connectivity index (χ2v) is 5.51. The summed E-state index contributed by atoms with van der Waals surface area (Å²) in [4.78, 5) is 4.83. The van der Waals surface area contributed by atoms with Crippen LogP contribution in [0.3, 0.4) is 0 Å². The molecule has 0 radical (unpaired) electrons. The van der Waals surface area contributed by atoms with E-state index >= 15 is 0 Å². The summed E-state index contributed by atoms with van der Waals surface area (Å²) in [5.74, 6) is 0.600. The van der Waals surface area contributed by atoms with E-state index in [2.05, 4.69) is 58.0 Å². The minimum absolute atomic E-state index is 0.194. The molecule has 0 saturated carbocycles. The molecule has 2 atom stereocenters. The zero-order valence-corrected chi connectivity index (χ0v) is 10.7. The van der Waals surface area contributed by atoms with Crippen LogP contribution in [-0.4, -0.2) is 11.8 Å². The van der Waals surface area contributed by atoms with Crippen molar-refractivity contribution in [1.82, 2.24) is 0 Å². The summed E-state index contributed by atoms with van der Waals surface area (Å²) in [7, 11) is 0. The quantitative estimate of drug-likeness (QED) is 0.711. The third kappa shape index (κ3) is 1.79. The van der Waals surface area contributed by atoms with Crippen LogP contribution >= 0.6 is 0 Å². The molecule has 0 fully saturated rings. The van der Waals surface area contributed by atoms with Gasteiger partial charge in [0, 0.05) is 11.1 Å². The summed E-state index contributed by atoms with van der Waals surface area (Å²) in [5, 5.41) is 0. The van der Waals surface area contributed by atoms with Crippen molar-refractivity contribution in [2.45, 2.75) is 45.6 Å². The van der Waals surface area contributed by atoms with E-state index in [4.69, 9.17) is 4.99 Å². The molecule has 0 saturated heterocycles. The molecule has 1 heterocycles. The second-order valence-electron chi connectivity index (χ2n) is 5.51. The highest BCUT2D eigenvalue weighted by atomic mass is 14.9. The number of hydrogen-bond acceptors (Lipinski definition) is 1. The van der Waals surface area contributed by atoms with E-state index < -0.39 is 0 Å². The molecule has 1 aromatic carbocycles. The molecule has 1 aliphatic heterocycles. The second kappa shape index (κ2) is 4.04. The van der Waals surface area contributed by atoms with Gasteiger partial charge in [0.1, 0.15) is 0 Å². The van der Waals surface area contributed by atoms with Crippen molar-refractivity contribution in [2.75, 3.05) is 0 Å². The molecule has 1 heteroatoms. The fourth-order valence-electron chi connectivity index (χ4n) is 3.04. The van der Waals surface area contributed by atoms with Crippen LogP contribution in [0.1, 0.15) is 39.7 Å². The number of benzene rings is 1. The Morgan fingerprint density at radius 3 is 2.44 bits per heavy atom. The average Bonchev–Trinajstić information content (AvgIpc) is 2.57. The van der Waals surface area contributed by atoms with E-state index in [0.29, 0.717) is 12.0 Å². The Labute approximate surface area is 98.6 Å². The first-order valence-electron chi connectivity index (χ1n) is 6.13. The summed E-state index contributed by atoms with van der Waals surface area (Å²) in [6.45, 7) is 9.05.